The van der Waals surface area contributed by atoms with Crippen molar-refractivity contribution < 1.29 is 9.21 Å². The standard InChI is InChI=1S/C19H24N2O2/c1-14-9-12-21(17(13-14)18-5-3-15(2)23-18)19(22)6-4-16-7-10-20-11-8-16/h3,5,7-8,10-11,14,17H,4,6,9,12-13H2,1-2H3. The minimum absolute atomic E-state index is 0.0809. The zero-order chi connectivity index (χ0) is 16.2. The molecular formula is C19H24N2O2. The van der Waals surface area contributed by atoms with Gasteiger partial charge in [0.05, 0.1) is 6.04 Å². The summed E-state index contributed by atoms with van der Waals surface area (Å²) in [5, 5.41) is 0. The lowest BCUT2D eigenvalue weighted by Crippen LogP contribution is -2.40. The molecule has 1 aliphatic rings. The number of likely N-dealkylation sites (tertiary alicyclic amines) is 1. The fourth-order valence-corrected chi connectivity index (χ4v) is 3.29. The summed E-state index contributed by atoms with van der Waals surface area (Å²) in [6, 6.07) is 8.02. The summed E-state index contributed by atoms with van der Waals surface area (Å²) in [7, 11) is 0. The van der Waals surface area contributed by atoms with Gasteiger partial charge in [-0.3, -0.25) is 9.78 Å². The van der Waals surface area contributed by atoms with Crippen molar-refractivity contribution in [2.75, 3.05) is 6.54 Å². The van der Waals surface area contributed by atoms with E-state index in [0.717, 1.165) is 42.9 Å². The number of hydrogen-bond donors (Lipinski definition) is 0. The number of nitrogens with zero attached hydrogens (tertiary/aromatic N) is 2. The first kappa shape index (κ1) is 15.8. The highest BCUT2D eigenvalue weighted by atomic mass is 16.3. The van der Waals surface area contributed by atoms with Crippen LogP contribution in [-0.2, 0) is 11.2 Å². The average Bonchev–Trinajstić information content (AvgIpc) is 3.00. The Morgan fingerprint density at radius 1 is 1.30 bits per heavy atom. The van der Waals surface area contributed by atoms with Gasteiger partial charge in [0.2, 0.25) is 5.91 Å². The van der Waals surface area contributed by atoms with Gasteiger partial charge in [0, 0.05) is 25.4 Å². The minimum Gasteiger partial charge on any atom is -0.464 e. The summed E-state index contributed by atoms with van der Waals surface area (Å²) in [6.07, 6.45) is 6.89. The Morgan fingerprint density at radius 3 is 2.78 bits per heavy atom. The van der Waals surface area contributed by atoms with Gasteiger partial charge in [-0.05, 0) is 61.9 Å². The van der Waals surface area contributed by atoms with Crippen LogP contribution in [0.15, 0.2) is 41.1 Å². The van der Waals surface area contributed by atoms with E-state index in [0.29, 0.717) is 12.3 Å². The number of amides is 1. The number of aromatic nitrogens is 1. The van der Waals surface area contributed by atoms with E-state index in [1.54, 1.807) is 12.4 Å². The Morgan fingerprint density at radius 2 is 2.09 bits per heavy atom. The SMILES string of the molecule is Cc1ccc(C2CC(C)CCN2C(=O)CCc2ccncc2)o1. The fraction of sp³-hybridized carbons (Fsp3) is 0.474. The molecule has 2 atom stereocenters. The van der Waals surface area contributed by atoms with Gasteiger partial charge in [-0.15, -0.1) is 0 Å². The van der Waals surface area contributed by atoms with Crippen LogP contribution in [0, 0.1) is 12.8 Å². The first-order valence-corrected chi connectivity index (χ1v) is 8.38. The molecule has 2 aromatic rings. The number of furan rings is 1. The molecule has 23 heavy (non-hydrogen) atoms. The molecule has 0 radical (unpaired) electrons. The van der Waals surface area contributed by atoms with Crippen LogP contribution in [0.2, 0.25) is 0 Å². The van der Waals surface area contributed by atoms with Gasteiger partial charge in [0.25, 0.3) is 0 Å². The predicted octanol–water partition coefficient (Wildman–Crippen LogP) is 3.92. The lowest BCUT2D eigenvalue weighted by Gasteiger charge is -2.37. The van der Waals surface area contributed by atoms with Gasteiger partial charge in [0.1, 0.15) is 11.5 Å². The zero-order valence-electron chi connectivity index (χ0n) is 13.9. The van der Waals surface area contributed by atoms with Crippen molar-refractivity contribution in [2.45, 2.75) is 45.6 Å². The molecule has 0 saturated carbocycles. The van der Waals surface area contributed by atoms with Gasteiger partial charge in [-0.25, -0.2) is 0 Å². The molecule has 1 fully saturated rings. The van der Waals surface area contributed by atoms with Crippen LogP contribution in [0.4, 0.5) is 0 Å². The van der Waals surface area contributed by atoms with Crippen molar-refractivity contribution in [3.05, 3.63) is 53.7 Å². The first-order valence-electron chi connectivity index (χ1n) is 8.38. The Balaban J connectivity index is 1.69. The molecule has 0 bridgehead atoms. The van der Waals surface area contributed by atoms with E-state index in [4.69, 9.17) is 4.42 Å². The molecule has 122 valence electrons. The van der Waals surface area contributed by atoms with Crippen molar-refractivity contribution >= 4 is 5.91 Å². The van der Waals surface area contributed by atoms with Crippen molar-refractivity contribution in [3.63, 3.8) is 0 Å². The molecule has 1 amide bonds. The third-order valence-corrected chi connectivity index (χ3v) is 4.65. The Bertz CT molecular complexity index is 650. The van der Waals surface area contributed by atoms with Gasteiger partial charge in [-0.1, -0.05) is 6.92 Å². The van der Waals surface area contributed by atoms with Crippen molar-refractivity contribution in [3.8, 4) is 0 Å². The first-order chi connectivity index (χ1) is 11.1. The molecule has 4 nitrogen and oxygen atoms in total. The quantitative estimate of drug-likeness (QED) is 0.859. The fourth-order valence-electron chi connectivity index (χ4n) is 3.29. The number of pyridine rings is 1. The van der Waals surface area contributed by atoms with E-state index in [1.165, 1.54) is 0 Å². The van der Waals surface area contributed by atoms with Crippen molar-refractivity contribution in [2.24, 2.45) is 5.92 Å². The van der Waals surface area contributed by atoms with Gasteiger partial charge in [0.15, 0.2) is 0 Å². The van der Waals surface area contributed by atoms with Gasteiger partial charge < -0.3 is 9.32 Å². The molecular weight excluding hydrogens is 288 g/mol. The largest absolute Gasteiger partial charge is 0.464 e. The summed E-state index contributed by atoms with van der Waals surface area (Å²) < 4.78 is 5.81. The summed E-state index contributed by atoms with van der Waals surface area (Å²) in [4.78, 5) is 18.8. The number of hydrogen-bond acceptors (Lipinski definition) is 3. The van der Waals surface area contributed by atoms with Crippen LogP contribution in [0.3, 0.4) is 0 Å². The van der Waals surface area contributed by atoms with E-state index in [9.17, 15) is 4.79 Å². The normalized spacial score (nSPS) is 21.4. The maximum Gasteiger partial charge on any atom is 0.223 e. The highest BCUT2D eigenvalue weighted by Gasteiger charge is 2.32. The zero-order valence-corrected chi connectivity index (χ0v) is 13.9. The van der Waals surface area contributed by atoms with Crippen LogP contribution in [0.5, 0.6) is 0 Å². The topological polar surface area (TPSA) is 46.3 Å². The number of piperidine rings is 1. The molecule has 3 rings (SSSR count). The summed E-state index contributed by atoms with van der Waals surface area (Å²) in [5.74, 6) is 2.66. The third kappa shape index (κ3) is 3.81. The highest BCUT2D eigenvalue weighted by Crippen LogP contribution is 2.35. The summed E-state index contributed by atoms with van der Waals surface area (Å²) in [6.45, 7) is 5.02. The van der Waals surface area contributed by atoms with E-state index in [-0.39, 0.29) is 11.9 Å². The molecule has 2 aromatic heterocycles. The molecule has 0 aliphatic carbocycles. The molecule has 0 spiro atoms. The van der Waals surface area contributed by atoms with E-state index >= 15 is 0 Å². The van der Waals surface area contributed by atoms with Crippen LogP contribution < -0.4 is 0 Å². The second-order valence-corrected chi connectivity index (χ2v) is 6.54. The Kier molecular flexibility index (Phi) is 4.79. The predicted molar refractivity (Wildman–Crippen MR) is 88.9 cm³/mol. The lowest BCUT2D eigenvalue weighted by atomic mass is 9.90. The smallest absolute Gasteiger partial charge is 0.223 e. The van der Waals surface area contributed by atoms with Crippen LogP contribution >= 0.6 is 0 Å². The molecule has 3 heterocycles. The van der Waals surface area contributed by atoms with E-state index in [1.807, 2.05) is 36.1 Å². The molecule has 4 heteroatoms. The van der Waals surface area contributed by atoms with E-state index < -0.39 is 0 Å². The monoisotopic (exact) mass is 312 g/mol. The number of rotatable bonds is 4. The van der Waals surface area contributed by atoms with E-state index in [2.05, 4.69) is 11.9 Å². The molecule has 0 aromatic carbocycles. The molecule has 0 N–H and O–H groups in total. The maximum atomic E-state index is 12.7. The summed E-state index contributed by atoms with van der Waals surface area (Å²) in [5.41, 5.74) is 1.16. The lowest BCUT2D eigenvalue weighted by molar-refractivity contribution is -0.136. The summed E-state index contributed by atoms with van der Waals surface area (Å²) >= 11 is 0. The highest BCUT2D eigenvalue weighted by molar-refractivity contribution is 5.77. The average molecular weight is 312 g/mol. The van der Waals surface area contributed by atoms with Gasteiger partial charge >= 0.3 is 0 Å². The second kappa shape index (κ2) is 6.99. The van der Waals surface area contributed by atoms with Crippen LogP contribution in [0.25, 0.3) is 0 Å². The molecule has 1 aliphatic heterocycles. The third-order valence-electron chi connectivity index (χ3n) is 4.65. The van der Waals surface area contributed by atoms with Gasteiger partial charge in [-0.2, -0.15) is 0 Å². The van der Waals surface area contributed by atoms with Crippen molar-refractivity contribution in [1.29, 1.82) is 0 Å². The second-order valence-electron chi connectivity index (χ2n) is 6.54. The van der Waals surface area contributed by atoms with Crippen LogP contribution in [0.1, 0.15) is 49.3 Å². The Hall–Kier alpha value is -2.10. The maximum absolute atomic E-state index is 12.7. The molecule has 2 unspecified atom stereocenters. The minimum atomic E-state index is 0.0809. The van der Waals surface area contributed by atoms with Crippen LogP contribution in [-0.4, -0.2) is 22.3 Å². The van der Waals surface area contributed by atoms with Crippen molar-refractivity contribution in [1.82, 2.24) is 9.88 Å². The number of carbonyl (C=O) groups is 1. The number of carbonyl (C=O) groups excluding carboxylic acids is 1. The number of aryl methyl sites for hydroxylation is 2. The Labute approximate surface area is 137 Å². The molecule has 1 saturated heterocycles.